The highest BCUT2D eigenvalue weighted by Crippen LogP contribution is 2.33. The van der Waals surface area contributed by atoms with E-state index in [1.54, 1.807) is 14.0 Å². The van der Waals surface area contributed by atoms with E-state index in [0.29, 0.717) is 12.5 Å². The lowest BCUT2D eigenvalue weighted by molar-refractivity contribution is -0.117. The van der Waals surface area contributed by atoms with E-state index in [0.717, 1.165) is 25.1 Å². The van der Waals surface area contributed by atoms with E-state index in [1.165, 1.54) is 11.1 Å². The maximum absolute atomic E-state index is 11.2. The maximum atomic E-state index is 11.2. The summed E-state index contributed by atoms with van der Waals surface area (Å²) in [6.45, 7) is 2.71. The number of Topliss-reactive ketones (excluding diaryl/α,β-unsaturated/α-hetero) is 1. The molecular weight excluding hydrogens is 226 g/mol. The van der Waals surface area contributed by atoms with E-state index < -0.39 is 0 Å². The Balaban J connectivity index is 2.23. The number of carbonyl (C=O) groups excluding carboxylic acids is 1. The SMILES string of the molecule is COc1ccc2c(c1)CCN(C)C2CCC(C)=O. The van der Waals surface area contributed by atoms with Gasteiger partial charge in [-0.25, -0.2) is 0 Å². The summed E-state index contributed by atoms with van der Waals surface area (Å²) in [5, 5.41) is 0. The van der Waals surface area contributed by atoms with Gasteiger partial charge in [0, 0.05) is 19.0 Å². The normalized spacial score (nSPS) is 19.4. The van der Waals surface area contributed by atoms with Gasteiger partial charge in [-0.3, -0.25) is 4.90 Å². The van der Waals surface area contributed by atoms with Crippen LogP contribution >= 0.6 is 0 Å². The van der Waals surface area contributed by atoms with Crippen molar-refractivity contribution in [3.05, 3.63) is 29.3 Å². The largest absolute Gasteiger partial charge is 0.497 e. The first-order valence-electron chi connectivity index (χ1n) is 6.48. The number of ketones is 1. The third kappa shape index (κ3) is 2.72. The summed E-state index contributed by atoms with van der Waals surface area (Å²) < 4.78 is 5.27. The van der Waals surface area contributed by atoms with Crippen molar-refractivity contribution in [1.29, 1.82) is 0 Å². The molecule has 0 saturated heterocycles. The van der Waals surface area contributed by atoms with Crippen molar-refractivity contribution in [2.75, 3.05) is 20.7 Å². The molecule has 1 atom stereocenters. The number of benzene rings is 1. The summed E-state index contributed by atoms with van der Waals surface area (Å²) >= 11 is 0. The quantitative estimate of drug-likeness (QED) is 0.819. The fourth-order valence-electron chi connectivity index (χ4n) is 2.66. The Morgan fingerprint density at radius 2 is 2.28 bits per heavy atom. The highest BCUT2D eigenvalue weighted by Gasteiger charge is 2.24. The van der Waals surface area contributed by atoms with Gasteiger partial charge in [0.1, 0.15) is 11.5 Å². The predicted octanol–water partition coefficient (Wildman–Crippen LogP) is 2.59. The van der Waals surface area contributed by atoms with Crippen molar-refractivity contribution >= 4 is 5.78 Å². The fourth-order valence-corrected chi connectivity index (χ4v) is 2.66. The van der Waals surface area contributed by atoms with Crippen molar-refractivity contribution in [1.82, 2.24) is 4.90 Å². The van der Waals surface area contributed by atoms with Gasteiger partial charge in [0.25, 0.3) is 0 Å². The fraction of sp³-hybridized carbons (Fsp3) is 0.533. The molecular formula is C15H21NO2. The van der Waals surface area contributed by atoms with Gasteiger partial charge in [-0.05, 0) is 50.1 Å². The Hall–Kier alpha value is -1.35. The second kappa shape index (κ2) is 5.53. The van der Waals surface area contributed by atoms with Crippen molar-refractivity contribution in [2.24, 2.45) is 0 Å². The minimum Gasteiger partial charge on any atom is -0.497 e. The zero-order valence-electron chi connectivity index (χ0n) is 11.4. The lowest BCUT2D eigenvalue weighted by atomic mass is 9.90. The molecule has 1 aromatic rings. The molecule has 0 amide bonds. The van der Waals surface area contributed by atoms with Crippen molar-refractivity contribution in [2.45, 2.75) is 32.2 Å². The molecule has 0 bridgehead atoms. The Kier molecular flexibility index (Phi) is 4.02. The smallest absolute Gasteiger partial charge is 0.129 e. The molecule has 1 unspecified atom stereocenters. The Morgan fingerprint density at radius 3 is 2.94 bits per heavy atom. The third-order valence-corrected chi connectivity index (χ3v) is 3.74. The van der Waals surface area contributed by atoms with E-state index >= 15 is 0 Å². The van der Waals surface area contributed by atoms with Crippen molar-refractivity contribution < 1.29 is 9.53 Å². The van der Waals surface area contributed by atoms with Gasteiger partial charge in [0.2, 0.25) is 0 Å². The van der Waals surface area contributed by atoms with Crippen LogP contribution < -0.4 is 4.74 Å². The van der Waals surface area contributed by atoms with Crippen LogP contribution in [0.25, 0.3) is 0 Å². The lowest BCUT2D eigenvalue weighted by Crippen LogP contribution is -2.32. The Labute approximate surface area is 109 Å². The molecule has 0 saturated carbocycles. The molecule has 18 heavy (non-hydrogen) atoms. The number of rotatable bonds is 4. The van der Waals surface area contributed by atoms with Crippen molar-refractivity contribution in [3.63, 3.8) is 0 Å². The van der Waals surface area contributed by atoms with E-state index in [1.807, 2.05) is 6.07 Å². The van der Waals surface area contributed by atoms with Gasteiger partial charge in [-0.1, -0.05) is 6.07 Å². The molecule has 1 aliphatic rings. The zero-order valence-corrected chi connectivity index (χ0v) is 11.4. The predicted molar refractivity (Wildman–Crippen MR) is 72.0 cm³/mol. The van der Waals surface area contributed by atoms with Gasteiger partial charge in [-0.2, -0.15) is 0 Å². The number of likely N-dealkylation sites (N-methyl/N-ethyl adjacent to an activating group) is 1. The Morgan fingerprint density at radius 1 is 1.50 bits per heavy atom. The van der Waals surface area contributed by atoms with E-state index in [9.17, 15) is 4.79 Å². The molecule has 0 fully saturated rings. The zero-order chi connectivity index (χ0) is 13.1. The second-order valence-electron chi connectivity index (χ2n) is 5.05. The highest BCUT2D eigenvalue weighted by molar-refractivity contribution is 5.75. The maximum Gasteiger partial charge on any atom is 0.129 e. The van der Waals surface area contributed by atoms with Gasteiger partial charge in [-0.15, -0.1) is 0 Å². The summed E-state index contributed by atoms with van der Waals surface area (Å²) in [6.07, 6.45) is 2.62. The minimum absolute atomic E-state index is 0.268. The standard InChI is InChI=1S/C15H21NO2/c1-11(17)4-7-15-14-6-5-13(18-3)10-12(14)8-9-16(15)2/h5-6,10,15H,4,7-9H2,1-3H3. The van der Waals surface area contributed by atoms with Crippen LogP contribution in [0.15, 0.2) is 18.2 Å². The molecule has 1 aliphatic heterocycles. The first-order chi connectivity index (χ1) is 8.61. The summed E-state index contributed by atoms with van der Waals surface area (Å²) in [4.78, 5) is 13.5. The number of ether oxygens (including phenoxy) is 1. The molecule has 2 rings (SSSR count). The molecule has 0 aliphatic carbocycles. The van der Waals surface area contributed by atoms with E-state index in [2.05, 4.69) is 24.1 Å². The molecule has 98 valence electrons. The first-order valence-corrected chi connectivity index (χ1v) is 6.48. The van der Waals surface area contributed by atoms with Crippen LogP contribution in [0.3, 0.4) is 0 Å². The number of hydrogen-bond acceptors (Lipinski definition) is 3. The van der Waals surface area contributed by atoms with Gasteiger partial charge >= 0.3 is 0 Å². The average molecular weight is 247 g/mol. The van der Waals surface area contributed by atoms with Crippen LogP contribution in [0.2, 0.25) is 0 Å². The lowest BCUT2D eigenvalue weighted by Gasteiger charge is -2.34. The summed E-state index contributed by atoms with van der Waals surface area (Å²) in [5.74, 6) is 1.19. The van der Waals surface area contributed by atoms with Gasteiger partial charge in [0.05, 0.1) is 7.11 Å². The number of fused-ring (bicyclic) bond motifs is 1. The van der Waals surface area contributed by atoms with Crippen LogP contribution in [0.1, 0.15) is 36.9 Å². The van der Waals surface area contributed by atoms with Gasteiger partial charge < -0.3 is 9.53 Å². The number of nitrogens with zero attached hydrogens (tertiary/aromatic N) is 1. The van der Waals surface area contributed by atoms with Crippen molar-refractivity contribution in [3.8, 4) is 5.75 Å². The van der Waals surface area contributed by atoms with Crippen LogP contribution in [0.5, 0.6) is 5.75 Å². The van der Waals surface area contributed by atoms with Crippen LogP contribution in [-0.2, 0) is 11.2 Å². The monoisotopic (exact) mass is 247 g/mol. The van der Waals surface area contributed by atoms with Crippen LogP contribution in [0.4, 0.5) is 0 Å². The number of carbonyl (C=O) groups is 1. The topological polar surface area (TPSA) is 29.5 Å². The minimum atomic E-state index is 0.268. The first kappa shape index (κ1) is 13.1. The third-order valence-electron chi connectivity index (χ3n) is 3.74. The summed E-state index contributed by atoms with van der Waals surface area (Å²) in [7, 11) is 3.84. The number of hydrogen-bond donors (Lipinski definition) is 0. The van der Waals surface area contributed by atoms with Crippen LogP contribution in [0, 0.1) is 0 Å². The molecule has 1 heterocycles. The molecule has 3 heteroatoms. The molecule has 0 spiro atoms. The van der Waals surface area contributed by atoms with E-state index in [4.69, 9.17) is 4.74 Å². The molecule has 0 N–H and O–H groups in total. The van der Waals surface area contributed by atoms with Gasteiger partial charge in [0.15, 0.2) is 0 Å². The average Bonchev–Trinajstić information content (AvgIpc) is 2.36. The van der Waals surface area contributed by atoms with E-state index in [-0.39, 0.29) is 5.78 Å². The summed E-state index contributed by atoms with van der Waals surface area (Å²) in [6, 6.07) is 6.65. The van der Waals surface area contributed by atoms with Crippen LogP contribution in [-0.4, -0.2) is 31.4 Å². The Bertz CT molecular complexity index is 442. The second-order valence-corrected chi connectivity index (χ2v) is 5.05. The highest BCUT2D eigenvalue weighted by atomic mass is 16.5. The molecule has 0 radical (unpaired) electrons. The molecule has 3 nitrogen and oxygen atoms in total. The molecule has 1 aromatic carbocycles. The summed E-state index contributed by atoms with van der Waals surface area (Å²) in [5.41, 5.74) is 2.71. The molecule has 0 aromatic heterocycles. The number of methoxy groups -OCH3 is 1.